The normalized spacial score (nSPS) is 11.8. The molecule has 1 amide bonds. The van der Waals surface area contributed by atoms with Crippen molar-refractivity contribution >= 4 is 23.2 Å². The van der Waals surface area contributed by atoms with Crippen LogP contribution >= 0.6 is 11.6 Å². The number of nitrogens with zero attached hydrogens (tertiary/aromatic N) is 2. The van der Waals surface area contributed by atoms with Gasteiger partial charge in [-0.05, 0) is 29.8 Å². The van der Waals surface area contributed by atoms with Crippen molar-refractivity contribution in [2.75, 3.05) is 0 Å². The Labute approximate surface area is 171 Å². The monoisotopic (exact) mass is 437 g/mol. The number of pyridine rings is 1. The molecule has 0 bridgehead atoms. The van der Waals surface area contributed by atoms with Crippen molar-refractivity contribution in [2.45, 2.75) is 12.7 Å². The number of hydrogen-bond donors (Lipinski definition) is 1. The van der Waals surface area contributed by atoms with Crippen molar-refractivity contribution in [3.05, 3.63) is 82.9 Å². The van der Waals surface area contributed by atoms with Crippen LogP contribution in [0.3, 0.4) is 0 Å². The molecule has 0 saturated heterocycles. The number of carbonyl (C=O) groups excluding carboxylic acids is 1. The Morgan fingerprint density at radius 3 is 2.67 bits per heavy atom. The van der Waals surface area contributed by atoms with Gasteiger partial charge in [0.2, 0.25) is 0 Å². The molecule has 0 atom stereocenters. The van der Waals surface area contributed by atoms with Crippen LogP contribution in [0.15, 0.2) is 59.5 Å². The molecular weight excluding hydrogens is 426 g/mol. The fraction of sp³-hybridized carbons (Fsp3) is 0.100. The molecule has 1 N–H and O–H groups in total. The first-order valence-corrected chi connectivity index (χ1v) is 8.96. The van der Waals surface area contributed by atoms with Crippen molar-refractivity contribution < 1.29 is 26.8 Å². The van der Waals surface area contributed by atoms with E-state index >= 15 is 0 Å². The zero-order valence-corrected chi connectivity index (χ0v) is 15.8. The number of alkyl halides is 3. The van der Waals surface area contributed by atoms with Crippen LogP contribution in [-0.4, -0.2) is 15.3 Å². The summed E-state index contributed by atoms with van der Waals surface area (Å²) in [6.45, 7) is -0.0484. The molecule has 4 rings (SSSR count). The fourth-order valence-electron chi connectivity index (χ4n) is 2.97. The summed E-state index contributed by atoms with van der Waals surface area (Å²) in [6, 6.07) is 7.96. The predicted octanol–water partition coefficient (Wildman–Crippen LogP) is 5.34. The van der Waals surface area contributed by atoms with Crippen LogP contribution < -0.4 is 5.32 Å². The fourth-order valence-corrected chi connectivity index (χ4v) is 3.23. The first kappa shape index (κ1) is 20.0. The Balaban J connectivity index is 1.74. The molecule has 0 aliphatic rings. The van der Waals surface area contributed by atoms with Gasteiger partial charge in [-0.25, -0.2) is 9.37 Å². The summed E-state index contributed by atoms with van der Waals surface area (Å²) >= 11 is 6.20. The van der Waals surface area contributed by atoms with Crippen LogP contribution in [-0.2, 0) is 12.7 Å². The van der Waals surface area contributed by atoms with Gasteiger partial charge < -0.3 is 9.73 Å². The Morgan fingerprint density at radius 2 is 2.00 bits per heavy atom. The standard InChI is InChI=1S/C20H12ClF4N3O2/c21-17-16(19(29)26-8-11-2-1-3-14(22)6-11)27-18-15(20(23,24)25)7-13(9-28(17)18)12-4-5-30-10-12/h1-7,9-10H,8H2,(H,26,29). The van der Waals surface area contributed by atoms with E-state index in [2.05, 4.69) is 10.3 Å². The van der Waals surface area contributed by atoms with Gasteiger partial charge in [-0.3, -0.25) is 9.20 Å². The summed E-state index contributed by atoms with van der Waals surface area (Å²) < 4.78 is 60.1. The molecule has 0 aliphatic carbocycles. The van der Waals surface area contributed by atoms with Gasteiger partial charge in [0.1, 0.15) is 11.0 Å². The van der Waals surface area contributed by atoms with Crippen LogP contribution in [0.2, 0.25) is 5.15 Å². The molecule has 154 valence electrons. The van der Waals surface area contributed by atoms with E-state index in [1.54, 1.807) is 6.07 Å². The quantitative estimate of drug-likeness (QED) is 0.439. The lowest BCUT2D eigenvalue weighted by molar-refractivity contribution is -0.136. The molecule has 4 aromatic rings. The van der Waals surface area contributed by atoms with Gasteiger partial charge >= 0.3 is 6.18 Å². The second-order valence-electron chi connectivity index (χ2n) is 6.41. The van der Waals surface area contributed by atoms with E-state index in [1.807, 2.05) is 0 Å². The third-order valence-electron chi connectivity index (χ3n) is 4.38. The zero-order chi connectivity index (χ0) is 21.5. The number of carbonyl (C=O) groups is 1. The van der Waals surface area contributed by atoms with Gasteiger partial charge in [-0.1, -0.05) is 23.7 Å². The Hall–Kier alpha value is -3.33. The highest BCUT2D eigenvalue weighted by molar-refractivity contribution is 6.33. The SMILES string of the molecule is O=C(NCc1cccc(F)c1)c1nc2c(C(F)(F)F)cc(-c3ccoc3)cn2c1Cl. The minimum absolute atomic E-state index is 0.0484. The van der Waals surface area contributed by atoms with Crippen molar-refractivity contribution in [1.29, 1.82) is 0 Å². The number of hydrogen-bond acceptors (Lipinski definition) is 3. The highest BCUT2D eigenvalue weighted by Crippen LogP contribution is 2.37. The molecule has 0 fully saturated rings. The zero-order valence-electron chi connectivity index (χ0n) is 15.0. The molecule has 0 aliphatic heterocycles. The largest absolute Gasteiger partial charge is 0.472 e. The van der Waals surface area contributed by atoms with Crippen molar-refractivity contribution in [3.63, 3.8) is 0 Å². The Bertz CT molecular complexity index is 1230. The summed E-state index contributed by atoms with van der Waals surface area (Å²) in [5.74, 6) is -1.26. The number of halogens is 5. The van der Waals surface area contributed by atoms with Crippen molar-refractivity contribution in [2.24, 2.45) is 0 Å². The molecule has 5 nitrogen and oxygen atoms in total. The molecule has 1 aromatic carbocycles. The number of rotatable bonds is 4. The lowest BCUT2D eigenvalue weighted by Gasteiger charge is -2.10. The minimum Gasteiger partial charge on any atom is -0.472 e. The maximum Gasteiger partial charge on any atom is 0.420 e. The number of furan rings is 1. The molecule has 3 heterocycles. The third kappa shape index (κ3) is 3.76. The van der Waals surface area contributed by atoms with Crippen molar-refractivity contribution in [1.82, 2.24) is 14.7 Å². The van der Waals surface area contributed by atoms with E-state index in [1.165, 1.54) is 43.0 Å². The summed E-state index contributed by atoms with van der Waals surface area (Å²) in [5.41, 5.74) is -0.855. The lowest BCUT2D eigenvalue weighted by Crippen LogP contribution is -2.23. The first-order chi connectivity index (χ1) is 14.2. The summed E-state index contributed by atoms with van der Waals surface area (Å²) in [6.07, 6.45) is -0.772. The first-order valence-electron chi connectivity index (χ1n) is 8.58. The van der Waals surface area contributed by atoms with Crippen LogP contribution in [0.5, 0.6) is 0 Å². The van der Waals surface area contributed by atoms with E-state index in [9.17, 15) is 22.4 Å². The number of benzene rings is 1. The number of imidazole rings is 1. The average molecular weight is 438 g/mol. The predicted molar refractivity (Wildman–Crippen MR) is 100 cm³/mol. The third-order valence-corrected chi connectivity index (χ3v) is 4.74. The van der Waals surface area contributed by atoms with Crippen molar-refractivity contribution in [3.8, 4) is 11.1 Å². The number of amides is 1. The van der Waals surface area contributed by atoms with E-state index in [0.29, 0.717) is 11.1 Å². The topological polar surface area (TPSA) is 59.5 Å². The molecule has 3 aromatic heterocycles. The van der Waals surface area contributed by atoms with Gasteiger partial charge in [0, 0.05) is 23.9 Å². The highest BCUT2D eigenvalue weighted by atomic mass is 35.5. The summed E-state index contributed by atoms with van der Waals surface area (Å²) in [5, 5.41) is 2.20. The number of nitrogens with one attached hydrogen (secondary N) is 1. The second-order valence-corrected chi connectivity index (χ2v) is 6.77. The Morgan fingerprint density at radius 1 is 1.20 bits per heavy atom. The highest BCUT2D eigenvalue weighted by Gasteiger charge is 2.36. The summed E-state index contributed by atoms with van der Waals surface area (Å²) in [4.78, 5) is 16.3. The van der Waals surface area contributed by atoms with Gasteiger partial charge in [0.05, 0.1) is 18.1 Å². The van der Waals surface area contributed by atoms with Gasteiger partial charge in [0.25, 0.3) is 5.91 Å². The molecule has 10 heteroatoms. The molecular formula is C20H12ClF4N3O2. The average Bonchev–Trinajstić information content (AvgIpc) is 3.33. The Kier molecular flexibility index (Phi) is 4.98. The van der Waals surface area contributed by atoms with Gasteiger partial charge in [0.15, 0.2) is 11.3 Å². The van der Waals surface area contributed by atoms with Crippen LogP contribution in [0.25, 0.3) is 16.8 Å². The van der Waals surface area contributed by atoms with E-state index in [-0.39, 0.29) is 23.0 Å². The van der Waals surface area contributed by atoms with E-state index in [0.717, 1.165) is 10.5 Å². The molecule has 0 radical (unpaired) electrons. The lowest BCUT2D eigenvalue weighted by atomic mass is 10.1. The number of fused-ring (bicyclic) bond motifs is 1. The van der Waals surface area contributed by atoms with Crippen LogP contribution in [0.1, 0.15) is 21.6 Å². The second kappa shape index (κ2) is 7.49. The van der Waals surface area contributed by atoms with Crippen LogP contribution in [0.4, 0.5) is 17.6 Å². The molecule has 0 unspecified atom stereocenters. The van der Waals surface area contributed by atoms with Gasteiger partial charge in [-0.2, -0.15) is 13.2 Å². The van der Waals surface area contributed by atoms with E-state index < -0.39 is 29.1 Å². The molecule has 0 spiro atoms. The molecule has 0 saturated carbocycles. The minimum atomic E-state index is -4.73. The maximum absolute atomic E-state index is 13.6. The summed E-state index contributed by atoms with van der Waals surface area (Å²) in [7, 11) is 0. The number of aromatic nitrogens is 2. The van der Waals surface area contributed by atoms with Crippen LogP contribution in [0, 0.1) is 5.82 Å². The van der Waals surface area contributed by atoms with E-state index in [4.69, 9.17) is 16.0 Å². The smallest absolute Gasteiger partial charge is 0.420 e. The van der Waals surface area contributed by atoms with Gasteiger partial charge in [-0.15, -0.1) is 0 Å². The molecule has 30 heavy (non-hydrogen) atoms. The maximum atomic E-state index is 13.6.